The third kappa shape index (κ3) is 3.27. The Kier molecular flexibility index (Phi) is 4.83. The van der Waals surface area contributed by atoms with Crippen molar-refractivity contribution < 1.29 is 23.9 Å². The Labute approximate surface area is 145 Å². The van der Waals surface area contributed by atoms with Gasteiger partial charge in [-0.25, -0.2) is 9.59 Å². The molecule has 0 spiro atoms. The van der Waals surface area contributed by atoms with Crippen LogP contribution < -0.4 is 4.74 Å². The van der Waals surface area contributed by atoms with Gasteiger partial charge in [-0.1, -0.05) is 38.8 Å². The van der Waals surface area contributed by atoms with Gasteiger partial charge in [-0.05, 0) is 36.4 Å². The molecule has 130 valence electrons. The van der Waals surface area contributed by atoms with Crippen molar-refractivity contribution in [1.29, 1.82) is 0 Å². The predicted octanol–water partition coefficient (Wildman–Crippen LogP) is 4.27. The Morgan fingerprint density at radius 2 is 1.88 bits per heavy atom. The number of hydrogen-bond donors (Lipinski definition) is 0. The van der Waals surface area contributed by atoms with Gasteiger partial charge in [0.15, 0.2) is 0 Å². The molecule has 3 rings (SSSR count). The minimum atomic E-state index is -0.718. The summed E-state index contributed by atoms with van der Waals surface area (Å²) in [7, 11) is 0. The van der Waals surface area contributed by atoms with Crippen LogP contribution in [0.4, 0.5) is 0 Å². The summed E-state index contributed by atoms with van der Waals surface area (Å²) >= 11 is 0. The molecule has 1 unspecified atom stereocenters. The SMILES string of the molecule is CCCCC(CC)C(=O)Oc1cc2c3c(cccc3c1)C(=O)OC2=O. The van der Waals surface area contributed by atoms with Crippen LogP contribution in [0, 0.1) is 5.92 Å². The molecule has 0 bridgehead atoms. The number of hydrogen-bond acceptors (Lipinski definition) is 5. The first-order valence-electron chi connectivity index (χ1n) is 8.60. The van der Waals surface area contributed by atoms with Crippen LogP contribution in [0.15, 0.2) is 30.3 Å². The Hall–Kier alpha value is -2.69. The molecule has 1 atom stereocenters. The third-order valence-electron chi connectivity index (χ3n) is 4.53. The second-order valence-electron chi connectivity index (χ2n) is 6.22. The first-order valence-corrected chi connectivity index (χ1v) is 8.60. The average Bonchev–Trinajstić information content (AvgIpc) is 2.60. The van der Waals surface area contributed by atoms with Gasteiger partial charge in [0.1, 0.15) is 5.75 Å². The highest BCUT2D eigenvalue weighted by Gasteiger charge is 2.28. The van der Waals surface area contributed by atoms with E-state index in [-0.39, 0.29) is 17.5 Å². The van der Waals surface area contributed by atoms with Gasteiger partial charge < -0.3 is 9.47 Å². The van der Waals surface area contributed by atoms with Crippen molar-refractivity contribution in [2.24, 2.45) is 5.92 Å². The van der Waals surface area contributed by atoms with Crippen LogP contribution in [0.2, 0.25) is 0 Å². The van der Waals surface area contributed by atoms with Gasteiger partial charge in [0, 0.05) is 5.39 Å². The molecule has 0 aromatic heterocycles. The van der Waals surface area contributed by atoms with E-state index in [1.54, 1.807) is 24.3 Å². The van der Waals surface area contributed by atoms with E-state index in [0.29, 0.717) is 28.5 Å². The van der Waals surface area contributed by atoms with E-state index < -0.39 is 11.9 Å². The van der Waals surface area contributed by atoms with Gasteiger partial charge in [0.05, 0.1) is 17.0 Å². The van der Waals surface area contributed by atoms with Gasteiger partial charge in [-0.3, -0.25) is 4.79 Å². The molecule has 0 saturated heterocycles. The molecule has 2 aromatic rings. The number of unbranched alkanes of at least 4 members (excludes halogenated alkanes) is 1. The highest BCUT2D eigenvalue weighted by atomic mass is 16.6. The molecular weight excluding hydrogens is 320 g/mol. The summed E-state index contributed by atoms with van der Waals surface area (Å²) in [6.07, 6.45) is 3.48. The van der Waals surface area contributed by atoms with Crippen molar-refractivity contribution in [2.45, 2.75) is 39.5 Å². The van der Waals surface area contributed by atoms with Gasteiger partial charge in [0.25, 0.3) is 0 Å². The van der Waals surface area contributed by atoms with Crippen LogP contribution in [0.5, 0.6) is 5.75 Å². The molecular formula is C20H20O5. The van der Waals surface area contributed by atoms with Crippen LogP contribution in [-0.4, -0.2) is 17.9 Å². The Balaban J connectivity index is 1.95. The summed E-state index contributed by atoms with van der Waals surface area (Å²) in [5.41, 5.74) is 0.594. The molecule has 5 nitrogen and oxygen atoms in total. The first kappa shape index (κ1) is 17.1. The lowest BCUT2D eigenvalue weighted by Crippen LogP contribution is -2.22. The Morgan fingerprint density at radius 1 is 1.12 bits per heavy atom. The van der Waals surface area contributed by atoms with Crippen molar-refractivity contribution >= 4 is 28.7 Å². The lowest BCUT2D eigenvalue weighted by atomic mass is 9.96. The molecule has 2 aromatic carbocycles. The highest BCUT2D eigenvalue weighted by molar-refractivity contribution is 6.21. The molecule has 25 heavy (non-hydrogen) atoms. The fraction of sp³-hybridized carbons (Fsp3) is 0.350. The normalized spacial score (nSPS) is 14.3. The molecule has 1 heterocycles. The number of esters is 3. The summed E-state index contributed by atoms with van der Waals surface area (Å²) in [5, 5.41) is 1.21. The monoisotopic (exact) mass is 340 g/mol. The minimum Gasteiger partial charge on any atom is -0.426 e. The molecule has 5 heteroatoms. The largest absolute Gasteiger partial charge is 0.426 e. The number of cyclic esters (lactones) is 2. The zero-order valence-corrected chi connectivity index (χ0v) is 14.3. The maximum atomic E-state index is 12.4. The van der Waals surface area contributed by atoms with Crippen LogP contribution >= 0.6 is 0 Å². The minimum absolute atomic E-state index is 0.160. The number of carbonyl (C=O) groups is 3. The van der Waals surface area contributed by atoms with E-state index in [9.17, 15) is 14.4 Å². The molecule has 0 amide bonds. The zero-order valence-electron chi connectivity index (χ0n) is 14.3. The maximum Gasteiger partial charge on any atom is 0.346 e. The highest BCUT2D eigenvalue weighted by Crippen LogP contribution is 2.33. The molecule has 0 radical (unpaired) electrons. The summed E-state index contributed by atoms with van der Waals surface area (Å²) < 4.78 is 10.3. The topological polar surface area (TPSA) is 69.7 Å². The van der Waals surface area contributed by atoms with Crippen molar-refractivity contribution in [3.05, 3.63) is 41.5 Å². The van der Waals surface area contributed by atoms with Gasteiger partial charge in [-0.15, -0.1) is 0 Å². The van der Waals surface area contributed by atoms with E-state index in [0.717, 1.165) is 19.3 Å². The smallest absolute Gasteiger partial charge is 0.346 e. The van der Waals surface area contributed by atoms with E-state index in [4.69, 9.17) is 9.47 Å². The van der Waals surface area contributed by atoms with Crippen molar-refractivity contribution in [2.75, 3.05) is 0 Å². The van der Waals surface area contributed by atoms with Crippen molar-refractivity contribution in [3.63, 3.8) is 0 Å². The molecule has 1 aliphatic heterocycles. The number of carbonyl (C=O) groups excluding carboxylic acids is 3. The van der Waals surface area contributed by atoms with E-state index >= 15 is 0 Å². The number of ether oxygens (including phenoxy) is 2. The summed E-state index contributed by atoms with van der Waals surface area (Å²) in [6, 6.07) is 8.26. The summed E-state index contributed by atoms with van der Waals surface area (Å²) in [5.74, 6) is -1.53. The van der Waals surface area contributed by atoms with E-state index in [1.165, 1.54) is 6.07 Å². The molecule has 0 fully saturated rings. The maximum absolute atomic E-state index is 12.4. The predicted molar refractivity (Wildman–Crippen MR) is 92.6 cm³/mol. The van der Waals surface area contributed by atoms with Crippen LogP contribution in [0.25, 0.3) is 10.8 Å². The second kappa shape index (κ2) is 7.05. The third-order valence-corrected chi connectivity index (χ3v) is 4.53. The molecule has 0 N–H and O–H groups in total. The van der Waals surface area contributed by atoms with Gasteiger partial charge in [-0.2, -0.15) is 0 Å². The summed E-state index contributed by atoms with van der Waals surface area (Å²) in [6.45, 7) is 4.04. The van der Waals surface area contributed by atoms with Crippen molar-refractivity contribution in [1.82, 2.24) is 0 Å². The standard InChI is InChI=1S/C20H20O5/c1-3-5-7-12(4-2)18(21)24-14-10-13-8-6-9-15-17(13)16(11-14)20(23)25-19(15)22/h6,8-12H,3-5,7H2,1-2H3. The van der Waals surface area contributed by atoms with Crippen LogP contribution in [-0.2, 0) is 9.53 Å². The first-order chi connectivity index (χ1) is 12.0. The second-order valence-corrected chi connectivity index (χ2v) is 6.22. The molecule has 0 saturated carbocycles. The summed E-state index contributed by atoms with van der Waals surface area (Å²) in [4.78, 5) is 36.3. The molecule has 1 aliphatic rings. The zero-order chi connectivity index (χ0) is 18.0. The lowest BCUT2D eigenvalue weighted by Gasteiger charge is -2.18. The quantitative estimate of drug-likeness (QED) is 0.446. The van der Waals surface area contributed by atoms with Crippen LogP contribution in [0.3, 0.4) is 0 Å². The van der Waals surface area contributed by atoms with E-state index in [1.807, 2.05) is 6.92 Å². The van der Waals surface area contributed by atoms with Crippen LogP contribution in [0.1, 0.15) is 60.2 Å². The fourth-order valence-electron chi connectivity index (χ4n) is 3.12. The number of rotatable bonds is 6. The van der Waals surface area contributed by atoms with Gasteiger partial charge in [0.2, 0.25) is 0 Å². The van der Waals surface area contributed by atoms with Gasteiger partial charge >= 0.3 is 17.9 Å². The average molecular weight is 340 g/mol. The fourth-order valence-corrected chi connectivity index (χ4v) is 3.12. The van der Waals surface area contributed by atoms with E-state index in [2.05, 4.69) is 6.92 Å². The molecule has 0 aliphatic carbocycles. The lowest BCUT2D eigenvalue weighted by molar-refractivity contribution is -0.139. The number of benzene rings is 2. The Bertz CT molecular complexity index is 853. The Morgan fingerprint density at radius 3 is 2.60 bits per heavy atom. The van der Waals surface area contributed by atoms with Crippen molar-refractivity contribution in [3.8, 4) is 5.75 Å².